The lowest BCUT2D eigenvalue weighted by molar-refractivity contribution is 0.629. The maximum atomic E-state index is 5.21. The van der Waals surface area contributed by atoms with E-state index in [1.807, 2.05) is 0 Å². The number of thiophene rings is 1. The Labute approximate surface area is 97.8 Å². The molecule has 2 aromatic rings. The van der Waals surface area contributed by atoms with Crippen molar-refractivity contribution in [1.29, 1.82) is 0 Å². The van der Waals surface area contributed by atoms with E-state index < -0.39 is 0 Å². The Morgan fingerprint density at radius 2 is 2.47 bits per heavy atom. The van der Waals surface area contributed by atoms with Gasteiger partial charge in [-0.25, -0.2) is 0 Å². The molecule has 0 saturated carbocycles. The first-order valence-electron chi connectivity index (χ1n) is 5.00. The zero-order valence-corrected chi connectivity index (χ0v) is 10.2. The minimum Gasteiger partial charge on any atom is -0.300 e. The number of nitrogens with one attached hydrogen (secondary N) is 1. The van der Waals surface area contributed by atoms with E-state index in [-0.39, 0.29) is 0 Å². The topological polar surface area (TPSA) is 33.6 Å². The maximum Gasteiger partial charge on any atom is 0.195 e. The summed E-state index contributed by atoms with van der Waals surface area (Å²) in [6.45, 7) is 3.12. The van der Waals surface area contributed by atoms with Gasteiger partial charge in [0, 0.05) is 17.5 Å². The Bertz CT molecular complexity index is 467. The van der Waals surface area contributed by atoms with Gasteiger partial charge in [-0.05, 0) is 30.1 Å². The molecule has 1 N–H and O–H groups in total. The summed E-state index contributed by atoms with van der Waals surface area (Å²) >= 11 is 6.88. The summed E-state index contributed by atoms with van der Waals surface area (Å²) in [6, 6.07) is 2.07. The number of rotatable bonds is 4. The Balaban J connectivity index is 2.36. The van der Waals surface area contributed by atoms with E-state index in [1.165, 1.54) is 0 Å². The van der Waals surface area contributed by atoms with E-state index in [0.717, 1.165) is 30.8 Å². The van der Waals surface area contributed by atoms with Crippen LogP contribution in [0.25, 0.3) is 11.4 Å². The highest BCUT2D eigenvalue weighted by Gasteiger charge is 2.07. The summed E-state index contributed by atoms with van der Waals surface area (Å²) < 4.78 is 2.78. The monoisotopic (exact) mass is 239 g/mol. The van der Waals surface area contributed by atoms with Crippen molar-refractivity contribution in [2.45, 2.75) is 26.3 Å². The number of unbranched alkanes of at least 4 members (excludes halogenated alkanes) is 1. The summed E-state index contributed by atoms with van der Waals surface area (Å²) in [4.78, 5) is 0. The van der Waals surface area contributed by atoms with Gasteiger partial charge < -0.3 is 4.57 Å². The fourth-order valence-corrected chi connectivity index (χ4v) is 2.31. The third kappa shape index (κ3) is 2.18. The molecule has 0 saturated heterocycles. The summed E-state index contributed by atoms with van der Waals surface area (Å²) in [5, 5.41) is 11.3. The van der Waals surface area contributed by atoms with Crippen LogP contribution in [-0.2, 0) is 6.54 Å². The number of hydrogen-bond acceptors (Lipinski definition) is 3. The lowest BCUT2D eigenvalue weighted by Crippen LogP contribution is -2.00. The first-order chi connectivity index (χ1) is 7.33. The van der Waals surface area contributed by atoms with Crippen LogP contribution in [0.3, 0.4) is 0 Å². The smallest absolute Gasteiger partial charge is 0.195 e. The van der Waals surface area contributed by atoms with E-state index in [0.29, 0.717) is 4.77 Å². The van der Waals surface area contributed by atoms with Crippen LogP contribution in [0.2, 0.25) is 0 Å². The second-order valence-corrected chi connectivity index (χ2v) is 4.54. The molecule has 0 aliphatic carbocycles. The average Bonchev–Trinajstić information content (AvgIpc) is 2.84. The zero-order valence-electron chi connectivity index (χ0n) is 8.56. The quantitative estimate of drug-likeness (QED) is 0.829. The molecule has 0 atom stereocenters. The van der Waals surface area contributed by atoms with Gasteiger partial charge in [0.2, 0.25) is 0 Å². The zero-order chi connectivity index (χ0) is 10.7. The molecular weight excluding hydrogens is 226 g/mol. The Morgan fingerprint density at radius 1 is 1.60 bits per heavy atom. The van der Waals surface area contributed by atoms with Crippen LogP contribution in [0, 0.1) is 4.77 Å². The first kappa shape index (κ1) is 10.6. The molecule has 0 spiro atoms. The van der Waals surface area contributed by atoms with Crippen molar-refractivity contribution in [2.24, 2.45) is 0 Å². The van der Waals surface area contributed by atoms with Gasteiger partial charge in [0.15, 0.2) is 10.6 Å². The molecule has 3 nitrogen and oxygen atoms in total. The van der Waals surface area contributed by atoms with Crippen molar-refractivity contribution in [2.75, 3.05) is 0 Å². The lowest BCUT2D eigenvalue weighted by atomic mass is 10.3. The molecule has 15 heavy (non-hydrogen) atoms. The van der Waals surface area contributed by atoms with Gasteiger partial charge >= 0.3 is 0 Å². The van der Waals surface area contributed by atoms with Crippen molar-refractivity contribution in [3.63, 3.8) is 0 Å². The molecule has 0 aromatic carbocycles. The van der Waals surface area contributed by atoms with Gasteiger partial charge in [-0.2, -0.15) is 16.4 Å². The van der Waals surface area contributed by atoms with Crippen molar-refractivity contribution < 1.29 is 0 Å². The summed E-state index contributed by atoms with van der Waals surface area (Å²) in [5.41, 5.74) is 1.14. The third-order valence-electron chi connectivity index (χ3n) is 2.27. The molecule has 2 rings (SSSR count). The Hall–Kier alpha value is -0.940. The molecule has 0 aliphatic rings. The Kier molecular flexibility index (Phi) is 3.33. The predicted molar refractivity (Wildman–Crippen MR) is 65.6 cm³/mol. The molecule has 0 bridgehead atoms. The summed E-state index contributed by atoms with van der Waals surface area (Å²) in [5.74, 6) is 0.953. The van der Waals surface area contributed by atoms with Gasteiger partial charge in [0.1, 0.15) is 0 Å². The molecule has 2 heterocycles. The maximum absolute atomic E-state index is 5.21. The lowest BCUT2D eigenvalue weighted by Gasteiger charge is -2.03. The number of hydrogen-bond donors (Lipinski definition) is 1. The second kappa shape index (κ2) is 4.72. The van der Waals surface area contributed by atoms with Gasteiger partial charge in [0.05, 0.1) is 0 Å². The van der Waals surface area contributed by atoms with Crippen LogP contribution in [0.1, 0.15) is 19.8 Å². The van der Waals surface area contributed by atoms with E-state index in [1.54, 1.807) is 11.3 Å². The molecule has 80 valence electrons. The van der Waals surface area contributed by atoms with E-state index in [4.69, 9.17) is 12.2 Å². The van der Waals surface area contributed by atoms with Crippen LogP contribution in [0.15, 0.2) is 16.8 Å². The number of H-pyrrole nitrogens is 1. The highest BCUT2D eigenvalue weighted by atomic mass is 32.1. The van der Waals surface area contributed by atoms with Crippen molar-refractivity contribution in [1.82, 2.24) is 14.8 Å². The number of aromatic nitrogens is 3. The van der Waals surface area contributed by atoms with E-state index >= 15 is 0 Å². The molecule has 5 heteroatoms. The van der Waals surface area contributed by atoms with Crippen LogP contribution in [-0.4, -0.2) is 14.8 Å². The fraction of sp³-hybridized carbons (Fsp3) is 0.400. The third-order valence-corrected chi connectivity index (χ3v) is 3.27. The largest absolute Gasteiger partial charge is 0.300 e. The van der Waals surface area contributed by atoms with Crippen LogP contribution in [0.4, 0.5) is 0 Å². The van der Waals surface area contributed by atoms with Gasteiger partial charge in [0.25, 0.3) is 0 Å². The van der Waals surface area contributed by atoms with Crippen molar-refractivity contribution in [3.8, 4) is 11.4 Å². The minimum absolute atomic E-state index is 0.713. The Morgan fingerprint density at radius 3 is 3.13 bits per heavy atom. The number of nitrogens with zero attached hydrogens (tertiary/aromatic N) is 2. The minimum atomic E-state index is 0.713. The normalized spacial score (nSPS) is 10.7. The molecular formula is C10H13N3S2. The van der Waals surface area contributed by atoms with Crippen LogP contribution < -0.4 is 0 Å². The predicted octanol–water partition coefficient (Wildman–Crippen LogP) is 3.47. The average molecular weight is 239 g/mol. The SMILES string of the molecule is CCCCn1c(-c2ccsc2)n[nH]c1=S. The summed E-state index contributed by atoms with van der Waals surface area (Å²) in [7, 11) is 0. The van der Waals surface area contributed by atoms with Gasteiger partial charge in [-0.1, -0.05) is 13.3 Å². The molecule has 0 aliphatic heterocycles. The highest BCUT2D eigenvalue weighted by molar-refractivity contribution is 7.71. The second-order valence-electron chi connectivity index (χ2n) is 3.37. The van der Waals surface area contributed by atoms with E-state index in [9.17, 15) is 0 Å². The standard InChI is InChI=1S/C10H13N3S2/c1-2-3-5-13-9(11-12-10(13)14)8-4-6-15-7-8/h4,6-7H,2-3,5H2,1H3,(H,12,14). The first-order valence-corrected chi connectivity index (χ1v) is 6.36. The summed E-state index contributed by atoms with van der Waals surface area (Å²) in [6.07, 6.45) is 2.29. The molecule has 0 radical (unpaired) electrons. The molecule has 2 aromatic heterocycles. The van der Waals surface area contributed by atoms with Crippen LogP contribution in [0.5, 0.6) is 0 Å². The van der Waals surface area contributed by atoms with Gasteiger partial charge in [-0.3, -0.25) is 5.10 Å². The fourth-order valence-electron chi connectivity index (χ4n) is 1.45. The molecule has 0 fully saturated rings. The van der Waals surface area contributed by atoms with Crippen LogP contribution >= 0.6 is 23.6 Å². The number of aromatic amines is 1. The van der Waals surface area contributed by atoms with Gasteiger partial charge in [-0.15, -0.1) is 0 Å². The van der Waals surface area contributed by atoms with Crippen molar-refractivity contribution in [3.05, 3.63) is 21.6 Å². The molecule has 0 amide bonds. The van der Waals surface area contributed by atoms with Crippen molar-refractivity contribution >= 4 is 23.6 Å². The highest BCUT2D eigenvalue weighted by Crippen LogP contribution is 2.20. The van der Waals surface area contributed by atoms with E-state index in [2.05, 4.69) is 38.5 Å². The molecule has 0 unspecified atom stereocenters.